The quantitative estimate of drug-likeness (QED) is 0.632. The standard InChI is InChI=1S/C26H26N2O3/c1-2-31-23-15-13-22(14-16-23)28-18-21(17-24(28)29)27-26(30)25(19-9-5-3-6-10-19)20-11-7-4-8-12-20/h3-16,21,25H,2,17-18H2,1H3,(H,27,30). The van der Waals surface area contributed by atoms with Gasteiger partial charge in [0.1, 0.15) is 5.75 Å². The topological polar surface area (TPSA) is 58.6 Å². The van der Waals surface area contributed by atoms with Crippen LogP contribution in [-0.4, -0.2) is 31.0 Å². The highest BCUT2D eigenvalue weighted by Gasteiger charge is 2.33. The zero-order valence-electron chi connectivity index (χ0n) is 17.5. The predicted molar refractivity (Wildman–Crippen MR) is 121 cm³/mol. The van der Waals surface area contributed by atoms with Crippen LogP contribution in [0.3, 0.4) is 0 Å². The number of hydrogen-bond donors (Lipinski definition) is 1. The Bertz CT molecular complexity index is 980. The average Bonchev–Trinajstić information content (AvgIpc) is 3.16. The maximum Gasteiger partial charge on any atom is 0.232 e. The Morgan fingerprint density at radius 3 is 2.10 bits per heavy atom. The van der Waals surface area contributed by atoms with Gasteiger partial charge >= 0.3 is 0 Å². The third-order valence-electron chi connectivity index (χ3n) is 5.46. The number of hydrogen-bond acceptors (Lipinski definition) is 3. The fraction of sp³-hybridized carbons (Fsp3) is 0.231. The summed E-state index contributed by atoms with van der Waals surface area (Å²) >= 11 is 0. The number of carbonyl (C=O) groups excluding carboxylic acids is 2. The van der Waals surface area contributed by atoms with Gasteiger partial charge in [-0.25, -0.2) is 0 Å². The van der Waals surface area contributed by atoms with Crippen molar-refractivity contribution in [2.45, 2.75) is 25.3 Å². The van der Waals surface area contributed by atoms with Gasteiger partial charge in [-0.2, -0.15) is 0 Å². The minimum Gasteiger partial charge on any atom is -0.494 e. The molecule has 3 aromatic rings. The van der Waals surface area contributed by atoms with E-state index in [0.717, 1.165) is 22.6 Å². The summed E-state index contributed by atoms with van der Waals surface area (Å²) in [6.45, 7) is 2.98. The van der Waals surface area contributed by atoms with Crippen molar-refractivity contribution in [3.05, 3.63) is 96.1 Å². The van der Waals surface area contributed by atoms with E-state index in [4.69, 9.17) is 4.74 Å². The van der Waals surface area contributed by atoms with Crippen LogP contribution < -0.4 is 15.0 Å². The van der Waals surface area contributed by atoms with Crippen LogP contribution in [0.4, 0.5) is 5.69 Å². The van der Waals surface area contributed by atoms with Crippen molar-refractivity contribution >= 4 is 17.5 Å². The lowest BCUT2D eigenvalue weighted by atomic mass is 9.90. The summed E-state index contributed by atoms with van der Waals surface area (Å²) < 4.78 is 5.47. The molecule has 0 saturated carbocycles. The minimum absolute atomic E-state index is 0.00503. The van der Waals surface area contributed by atoms with Gasteiger partial charge in [-0.15, -0.1) is 0 Å². The summed E-state index contributed by atoms with van der Waals surface area (Å²) in [4.78, 5) is 27.7. The SMILES string of the molecule is CCOc1ccc(N2CC(NC(=O)C(c3ccccc3)c3ccccc3)CC2=O)cc1. The first-order valence-corrected chi connectivity index (χ1v) is 10.6. The van der Waals surface area contributed by atoms with E-state index in [-0.39, 0.29) is 24.3 Å². The van der Waals surface area contributed by atoms with E-state index in [1.54, 1.807) is 4.90 Å². The maximum absolute atomic E-state index is 13.3. The van der Waals surface area contributed by atoms with E-state index in [1.807, 2.05) is 91.9 Å². The van der Waals surface area contributed by atoms with Crippen LogP contribution in [-0.2, 0) is 9.59 Å². The summed E-state index contributed by atoms with van der Waals surface area (Å²) in [6.07, 6.45) is 0.287. The molecule has 1 saturated heterocycles. The highest BCUT2D eigenvalue weighted by Crippen LogP contribution is 2.27. The minimum atomic E-state index is -0.419. The highest BCUT2D eigenvalue weighted by atomic mass is 16.5. The van der Waals surface area contributed by atoms with Crippen LogP contribution in [0.1, 0.15) is 30.4 Å². The number of carbonyl (C=O) groups is 2. The first-order valence-electron chi connectivity index (χ1n) is 10.6. The van der Waals surface area contributed by atoms with Crippen molar-refractivity contribution in [3.63, 3.8) is 0 Å². The molecule has 158 valence electrons. The normalized spacial score (nSPS) is 15.9. The Morgan fingerprint density at radius 1 is 0.968 bits per heavy atom. The van der Waals surface area contributed by atoms with Crippen molar-refractivity contribution in [3.8, 4) is 5.75 Å². The number of rotatable bonds is 7. The molecule has 31 heavy (non-hydrogen) atoms. The third-order valence-corrected chi connectivity index (χ3v) is 5.46. The van der Waals surface area contributed by atoms with Gasteiger partial charge in [-0.05, 0) is 42.3 Å². The molecule has 0 bridgehead atoms. The van der Waals surface area contributed by atoms with Crippen LogP contribution in [0.25, 0.3) is 0 Å². The summed E-state index contributed by atoms with van der Waals surface area (Å²) in [5.41, 5.74) is 2.67. The Kier molecular flexibility index (Phi) is 6.32. The lowest BCUT2D eigenvalue weighted by molar-refractivity contribution is -0.122. The number of amides is 2. The number of ether oxygens (including phenoxy) is 1. The van der Waals surface area contributed by atoms with Crippen molar-refractivity contribution < 1.29 is 14.3 Å². The fourth-order valence-corrected chi connectivity index (χ4v) is 4.01. The zero-order chi connectivity index (χ0) is 21.6. The van der Waals surface area contributed by atoms with E-state index in [2.05, 4.69) is 5.32 Å². The number of benzene rings is 3. The third kappa shape index (κ3) is 4.77. The maximum atomic E-state index is 13.3. The second-order valence-corrected chi connectivity index (χ2v) is 7.60. The fourth-order valence-electron chi connectivity index (χ4n) is 4.01. The second kappa shape index (κ2) is 9.47. The molecule has 1 atom stereocenters. The first kappa shape index (κ1) is 20.7. The smallest absolute Gasteiger partial charge is 0.232 e. The van der Waals surface area contributed by atoms with Crippen molar-refractivity contribution in [1.82, 2.24) is 5.32 Å². The van der Waals surface area contributed by atoms with E-state index in [9.17, 15) is 9.59 Å². The summed E-state index contributed by atoms with van der Waals surface area (Å²) in [7, 11) is 0. The molecule has 1 aliphatic heterocycles. The van der Waals surface area contributed by atoms with Gasteiger partial charge < -0.3 is 15.0 Å². The molecule has 1 aliphatic rings. The van der Waals surface area contributed by atoms with E-state index < -0.39 is 5.92 Å². The monoisotopic (exact) mass is 414 g/mol. The molecule has 1 N–H and O–H groups in total. The lowest BCUT2D eigenvalue weighted by Gasteiger charge is -2.21. The molecule has 1 unspecified atom stereocenters. The number of nitrogens with zero attached hydrogens (tertiary/aromatic N) is 1. The van der Waals surface area contributed by atoms with Gasteiger partial charge in [0.25, 0.3) is 0 Å². The molecule has 4 rings (SSSR count). The Balaban J connectivity index is 1.49. The van der Waals surface area contributed by atoms with Gasteiger partial charge in [-0.1, -0.05) is 60.7 Å². The molecule has 2 amide bonds. The number of nitrogens with one attached hydrogen (secondary N) is 1. The van der Waals surface area contributed by atoms with Gasteiger partial charge in [0.05, 0.1) is 18.6 Å². The average molecular weight is 415 g/mol. The van der Waals surface area contributed by atoms with Crippen LogP contribution in [0, 0.1) is 0 Å². The summed E-state index contributed by atoms with van der Waals surface area (Å²) in [6, 6.07) is 26.7. The lowest BCUT2D eigenvalue weighted by Crippen LogP contribution is -2.40. The molecule has 5 heteroatoms. The van der Waals surface area contributed by atoms with Crippen LogP contribution in [0.5, 0.6) is 5.75 Å². The molecule has 1 heterocycles. The van der Waals surface area contributed by atoms with E-state index in [1.165, 1.54) is 0 Å². The second-order valence-electron chi connectivity index (χ2n) is 7.60. The van der Waals surface area contributed by atoms with Gasteiger partial charge in [0, 0.05) is 18.7 Å². The van der Waals surface area contributed by atoms with E-state index >= 15 is 0 Å². The Labute approximate surface area is 182 Å². The van der Waals surface area contributed by atoms with Crippen LogP contribution in [0.15, 0.2) is 84.9 Å². The summed E-state index contributed by atoms with van der Waals surface area (Å²) in [5, 5.41) is 3.11. The van der Waals surface area contributed by atoms with Gasteiger partial charge in [-0.3, -0.25) is 9.59 Å². The Morgan fingerprint density at radius 2 is 1.55 bits per heavy atom. The molecular formula is C26H26N2O3. The molecule has 0 radical (unpaired) electrons. The molecule has 0 aromatic heterocycles. The molecule has 0 spiro atoms. The van der Waals surface area contributed by atoms with Gasteiger partial charge in [0.2, 0.25) is 11.8 Å². The Hall–Kier alpha value is -3.60. The molecular weight excluding hydrogens is 388 g/mol. The molecule has 0 aliphatic carbocycles. The zero-order valence-corrected chi connectivity index (χ0v) is 17.5. The molecule has 5 nitrogen and oxygen atoms in total. The van der Waals surface area contributed by atoms with E-state index in [0.29, 0.717) is 13.2 Å². The summed E-state index contributed by atoms with van der Waals surface area (Å²) in [5.74, 6) is 0.266. The van der Waals surface area contributed by atoms with Crippen molar-refractivity contribution in [1.29, 1.82) is 0 Å². The molecule has 3 aromatic carbocycles. The molecule has 1 fully saturated rings. The largest absolute Gasteiger partial charge is 0.494 e. The van der Waals surface area contributed by atoms with Crippen molar-refractivity contribution in [2.24, 2.45) is 0 Å². The van der Waals surface area contributed by atoms with Crippen molar-refractivity contribution in [2.75, 3.05) is 18.1 Å². The predicted octanol–water partition coefficient (Wildman–Crippen LogP) is 4.14. The van der Waals surface area contributed by atoms with Crippen LogP contribution >= 0.6 is 0 Å². The van der Waals surface area contributed by atoms with Gasteiger partial charge in [0.15, 0.2) is 0 Å². The van der Waals surface area contributed by atoms with Crippen LogP contribution in [0.2, 0.25) is 0 Å². The number of anilines is 1. The first-order chi connectivity index (χ1) is 15.2. The highest BCUT2D eigenvalue weighted by molar-refractivity contribution is 5.97.